The third-order valence-electron chi connectivity index (χ3n) is 2.77. The topological polar surface area (TPSA) is 68.1 Å². The third-order valence-corrected chi connectivity index (χ3v) is 2.77. The van der Waals surface area contributed by atoms with Crippen molar-refractivity contribution in [3.63, 3.8) is 0 Å². The molecule has 1 heterocycles. The molecule has 0 aliphatic rings. The molecule has 2 rings (SSSR count). The number of benzene rings is 1. The smallest absolute Gasteiger partial charge is 0.356 e. The molecule has 0 spiro atoms. The Morgan fingerprint density at radius 3 is 2.61 bits per heavy atom. The Kier molecular flexibility index (Phi) is 3.37. The lowest BCUT2D eigenvalue weighted by molar-refractivity contribution is 0.0521. The molecule has 0 radical (unpaired) electrons. The summed E-state index contributed by atoms with van der Waals surface area (Å²) in [5.41, 5.74) is 9.51. The summed E-state index contributed by atoms with van der Waals surface area (Å²) in [5.74, 6) is -0.416. The number of esters is 1. The van der Waals surface area contributed by atoms with Gasteiger partial charge in [0, 0.05) is 11.3 Å². The summed E-state index contributed by atoms with van der Waals surface area (Å²) < 4.78 is 4.96. The fourth-order valence-corrected chi connectivity index (χ4v) is 1.99. The lowest BCUT2D eigenvalue weighted by atomic mass is 10.0. The highest BCUT2D eigenvalue weighted by molar-refractivity contribution is 5.99. The molecule has 4 nitrogen and oxygen atoms in total. The number of nitrogens with one attached hydrogen (secondary N) is 1. The quantitative estimate of drug-likeness (QED) is 0.816. The number of anilines is 1. The SMILES string of the molecule is CCOC(=O)c1[nH]c(C)c(-c2ccccc2)c1N. The number of carbonyl (C=O) groups is 1. The van der Waals surface area contributed by atoms with Gasteiger partial charge in [-0.2, -0.15) is 0 Å². The number of aryl methyl sites for hydroxylation is 1. The van der Waals surface area contributed by atoms with Crippen LogP contribution in [0.15, 0.2) is 30.3 Å². The monoisotopic (exact) mass is 244 g/mol. The van der Waals surface area contributed by atoms with Crippen LogP contribution < -0.4 is 5.73 Å². The van der Waals surface area contributed by atoms with Crippen molar-refractivity contribution >= 4 is 11.7 Å². The summed E-state index contributed by atoms with van der Waals surface area (Å²) >= 11 is 0. The molecule has 1 aromatic carbocycles. The van der Waals surface area contributed by atoms with E-state index in [-0.39, 0.29) is 0 Å². The van der Waals surface area contributed by atoms with Crippen molar-refractivity contribution < 1.29 is 9.53 Å². The second-order valence-corrected chi connectivity index (χ2v) is 4.00. The number of rotatable bonds is 3. The summed E-state index contributed by atoms with van der Waals surface area (Å²) in [6, 6.07) is 9.73. The first-order valence-corrected chi connectivity index (χ1v) is 5.85. The molecule has 0 aliphatic heterocycles. The number of hydrogen-bond donors (Lipinski definition) is 2. The summed E-state index contributed by atoms with van der Waals surface area (Å²) in [6.07, 6.45) is 0. The van der Waals surface area contributed by atoms with Crippen molar-refractivity contribution in [2.45, 2.75) is 13.8 Å². The molecule has 2 aromatic rings. The summed E-state index contributed by atoms with van der Waals surface area (Å²) in [4.78, 5) is 14.7. The Morgan fingerprint density at radius 2 is 2.00 bits per heavy atom. The van der Waals surface area contributed by atoms with Gasteiger partial charge in [0.25, 0.3) is 0 Å². The largest absolute Gasteiger partial charge is 0.461 e. The third kappa shape index (κ3) is 2.09. The Labute approximate surface area is 106 Å². The number of aromatic amines is 1. The zero-order valence-electron chi connectivity index (χ0n) is 10.5. The molecule has 18 heavy (non-hydrogen) atoms. The Balaban J connectivity index is 2.48. The molecule has 0 fully saturated rings. The molecule has 0 aliphatic carbocycles. The van der Waals surface area contributed by atoms with Crippen LogP contribution in [-0.2, 0) is 4.74 Å². The molecule has 0 bridgehead atoms. The van der Waals surface area contributed by atoms with Gasteiger partial charge in [-0.05, 0) is 19.4 Å². The molecule has 0 atom stereocenters. The van der Waals surface area contributed by atoms with E-state index < -0.39 is 5.97 Å². The van der Waals surface area contributed by atoms with E-state index in [1.807, 2.05) is 37.3 Å². The Bertz CT molecular complexity index is 559. The van der Waals surface area contributed by atoms with Crippen molar-refractivity contribution in [1.29, 1.82) is 0 Å². The zero-order chi connectivity index (χ0) is 13.1. The highest BCUT2D eigenvalue weighted by Crippen LogP contribution is 2.32. The van der Waals surface area contributed by atoms with Gasteiger partial charge in [-0.1, -0.05) is 30.3 Å². The summed E-state index contributed by atoms with van der Waals surface area (Å²) in [6.45, 7) is 3.99. The number of carbonyl (C=O) groups excluding carboxylic acids is 1. The Morgan fingerprint density at radius 1 is 1.33 bits per heavy atom. The summed E-state index contributed by atoms with van der Waals surface area (Å²) in [7, 11) is 0. The van der Waals surface area contributed by atoms with Gasteiger partial charge in [-0.3, -0.25) is 0 Å². The second-order valence-electron chi connectivity index (χ2n) is 4.00. The average Bonchev–Trinajstić information content (AvgIpc) is 2.66. The molecule has 94 valence electrons. The number of nitrogen functional groups attached to an aromatic ring is 1. The van der Waals surface area contributed by atoms with Gasteiger partial charge < -0.3 is 15.5 Å². The van der Waals surface area contributed by atoms with Gasteiger partial charge in [0.1, 0.15) is 5.69 Å². The first-order valence-electron chi connectivity index (χ1n) is 5.85. The van der Waals surface area contributed by atoms with Crippen LogP contribution in [0.2, 0.25) is 0 Å². The summed E-state index contributed by atoms with van der Waals surface area (Å²) in [5, 5.41) is 0. The van der Waals surface area contributed by atoms with Crippen molar-refractivity contribution in [3.05, 3.63) is 41.7 Å². The van der Waals surface area contributed by atoms with E-state index in [4.69, 9.17) is 10.5 Å². The van der Waals surface area contributed by atoms with E-state index in [1.165, 1.54) is 0 Å². The zero-order valence-corrected chi connectivity index (χ0v) is 10.5. The van der Waals surface area contributed by atoms with Crippen molar-refractivity contribution in [2.75, 3.05) is 12.3 Å². The van der Waals surface area contributed by atoms with E-state index in [2.05, 4.69) is 4.98 Å². The van der Waals surface area contributed by atoms with E-state index in [0.717, 1.165) is 16.8 Å². The molecular formula is C14H16N2O2. The van der Waals surface area contributed by atoms with E-state index in [1.54, 1.807) is 6.92 Å². The van der Waals surface area contributed by atoms with E-state index in [9.17, 15) is 4.79 Å². The van der Waals surface area contributed by atoms with Crippen LogP contribution in [0.4, 0.5) is 5.69 Å². The van der Waals surface area contributed by atoms with Crippen LogP contribution in [-0.4, -0.2) is 17.6 Å². The first kappa shape index (κ1) is 12.2. The lowest BCUT2D eigenvalue weighted by Crippen LogP contribution is -2.07. The maximum atomic E-state index is 11.7. The van der Waals surface area contributed by atoms with Gasteiger partial charge in [0.15, 0.2) is 0 Å². The number of aromatic nitrogens is 1. The number of hydrogen-bond acceptors (Lipinski definition) is 3. The minimum atomic E-state index is -0.416. The van der Waals surface area contributed by atoms with Gasteiger partial charge >= 0.3 is 5.97 Å². The molecule has 0 saturated heterocycles. The molecular weight excluding hydrogens is 228 g/mol. The van der Waals surface area contributed by atoms with E-state index >= 15 is 0 Å². The van der Waals surface area contributed by atoms with Gasteiger partial charge in [-0.15, -0.1) is 0 Å². The minimum absolute atomic E-state index is 0.327. The molecule has 0 saturated carbocycles. The van der Waals surface area contributed by atoms with Crippen LogP contribution in [0, 0.1) is 6.92 Å². The van der Waals surface area contributed by atoms with Crippen molar-refractivity contribution in [1.82, 2.24) is 4.98 Å². The lowest BCUT2D eigenvalue weighted by Gasteiger charge is -2.03. The maximum absolute atomic E-state index is 11.7. The van der Waals surface area contributed by atoms with Crippen LogP contribution >= 0.6 is 0 Å². The minimum Gasteiger partial charge on any atom is -0.461 e. The van der Waals surface area contributed by atoms with Crippen molar-refractivity contribution in [3.8, 4) is 11.1 Å². The highest BCUT2D eigenvalue weighted by Gasteiger charge is 2.19. The van der Waals surface area contributed by atoms with Gasteiger partial charge in [0.2, 0.25) is 0 Å². The molecule has 0 amide bonds. The highest BCUT2D eigenvalue weighted by atomic mass is 16.5. The molecule has 4 heteroatoms. The fraction of sp³-hybridized carbons (Fsp3) is 0.214. The molecule has 0 unspecified atom stereocenters. The van der Waals surface area contributed by atoms with E-state index in [0.29, 0.717) is 18.0 Å². The van der Waals surface area contributed by atoms with Gasteiger partial charge in [-0.25, -0.2) is 4.79 Å². The average molecular weight is 244 g/mol. The maximum Gasteiger partial charge on any atom is 0.356 e. The Hall–Kier alpha value is -2.23. The van der Waals surface area contributed by atoms with Crippen LogP contribution in [0.5, 0.6) is 0 Å². The number of ether oxygens (including phenoxy) is 1. The standard InChI is InChI=1S/C14H16N2O2/c1-3-18-14(17)13-12(15)11(9(2)16-13)10-7-5-4-6-8-10/h4-8,16H,3,15H2,1-2H3. The van der Waals surface area contributed by atoms with Crippen LogP contribution in [0.3, 0.4) is 0 Å². The van der Waals surface area contributed by atoms with Crippen LogP contribution in [0.25, 0.3) is 11.1 Å². The first-order chi connectivity index (χ1) is 8.65. The number of nitrogens with two attached hydrogens (primary N) is 1. The van der Waals surface area contributed by atoms with Crippen molar-refractivity contribution in [2.24, 2.45) is 0 Å². The number of H-pyrrole nitrogens is 1. The second kappa shape index (κ2) is 4.96. The van der Waals surface area contributed by atoms with Gasteiger partial charge in [0.05, 0.1) is 12.3 Å². The molecule has 3 N–H and O–H groups in total. The predicted molar refractivity (Wildman–Crippen MR) is 71.3 cm³/mol. The molecule has 1 aromatic heterocycles. The van der Waals surface area contributed by atoms with Crippen LogP contribution in [0.1, 0.15) is 23.1 Å². The normalized spacial score (nSPS) is 10.3. The predicted octanol–water partition coefficient (Wildman–Crippen LogP) is 2.75. The fourth-order valence-electron chi connectivity index (χ4n) is 1.99.